The summed E-state index contributed by atoms with van der Waals surface area (Å²) in [4.78, 5) is 0.229. The minimum atomic E-state index is -3.57. The van der Waals surface area contributed by atoms with Crippen LogP contribution in [0.5, 0.6) is 0 Å². The Labute approximate surface area is 137 Å². The van der Waals surface area contributed by atoms with E-state index in [4.69, 9.17) is 0 Å². The van der Waals surface area contributed by atoms with Crippen molar-refractivity contribution < 1.29 is 13.5 Å². The van der Waals surface area contributed by atoms with Crippen molar-refractivity contribution in [3.8, 4) is 0 Å². The first-order chi connectivity index (χ1) is 10.9. The molecule has 5 heteroatoms. The van der Waals surface area contributed by atoms with Crippen LogP contribution in [0.25, 0.3) is 0 Å². The molecule has 0 bridgehead atoms. The zero-order chi connectivity index (χ0) is 16.9. The molecule has 0 saturated heterocycles. The summed E-state index contributed by atoms with van der Waals surface area (Å²) in [6, 6.07) is 15.4. The second kappa shape index (κ2) is 7.55. The van der Waals surface area contributed by atoms with E-state index in [1.807, 2.05) is 37.3 Å². The molecule has 23 heavy (non-hydrogen) atoms. The first kappa shape index (κ1) is 17.4. The van der Waals surface area contributed by atoms with Crippen molar-refractivity contribution in [3.05, 3.63) is 77.9 Å². The van der Waals surface area contributed by atoms with Gasteiger partial charge in [-0.1, -0.05) is 60.2 Å². The number of benzene rings is 2. The van der Waals surface area contributed by atoms with Crippen LogP contribution in [0.3, 0.4) is 0 Å². The van der Waals surface area contributed by atoms with Gasteiger partial charge in [0, 0.05) is 6.04 Å². The maximum absolute atomic E-state index is 12.3. The molecule has 0 aliphatic carbocycles. The third-order valence-corrected chi connectivity index (χ3v) is 4.97. The molecule has 2 rings (SSSR count). The Bertz CT molecular complexity index is 753. The van der Waals surface area contributed by atoms with E-state index < -0.39 is 22.2 Å². The molecule has 0 heterocycles. The monoisotopic (exact) mass is 331 g/mol. The van der Waals surface area contributed by atoms with Gasteiger partial charge in [-0.05, 0) is 31.5 Å². The molecule has 0 unspecified atom stereocenters. The molecule has 4 nitrogen and oxygen atoms in total. The molecule has 0 aromatic heterocycles. The highest BCUT2D eigenvalue weighted by atomic mass is 32.2. The van der Waals surface area contributed by atoms with E-state index in [9.17, 15) is 13.5 Å². The van der Waals surface area contributed by atoms with Gasteiger partial charge in [0.05, 0.1) is 11.0 Å². The molecular formula is C18H21NO3S. The van der Waals surface area contributed by atoms with E-state index in [-0.39, 0.29) is 4.90 Å². The number of hydrogen-bond acceptors (Lipinski definition) is 3. The number of aryl methyl sites for hydroxylation is 1. The fourth-order valence-corrected chi connectivity index (χ4v) is 3.30. The third-order valence-electron chi connectivity index (χ3n) is 3.40. The molecule has 0 aliphatic heterocycles. The summed E-state index contributed by atoms with van der Waals surface area (Å²) in [6.07, 6.45) is 2.46. The van der Waals surface area contributed by atoms with Crippen molar-refractivity contribution in [3.63, 3.8) is 0 Å². The van der Waals surface area contributed by atoms with Crippen LogP contribution in [0.15, 0.2) is 71.6 Å². The smallest absolute Gasteiger partial charge is 0.241 e. The Kier molecular flexibility index (Phi) is 5.71. The van der Waals surface area contributed by atoms with Gasteiger partial charge < -0.3 is 5.11 Å². The highest BCUT2D eigenvalue weighted by Gasteiger charge is 2.15. The minimum Gasteiger partial charge on any atom is -0.384 e. The predicted octanol–water partition coefficient (Wildman–Crippen LogP) is 2.95. The maximum Gasteiger partial charge on any atom is 0.241 e. The molecule has 0 saturated carbocycles. The Morgan fingerprint density at radius 3 is 2.22 bits per heavy atom. The number of aliphatic hydroxyl groups is 1. The number of aliphatic hydroxyl groups excluding tert-OH is 1. The Balaban J connectivity index is 2.02. The zero-order valence-electron chi connectivity index (χ0n) is 13.2. The molecule has 0 amide bonds. The zero-order valence-corrected chi connectivity index (χ0v) is 14.0. The summed E-state index contributed by atoms with van der Waals surface area (Å²) < 4.78 is 27.1. The molecule has 0 aliphatic rings. The van der Waals surface area contributed by atoms with Gasteiger partial charge in [-0.2, -0.15) is 0 Å². The Morgan fingerprint density at radius 1 is 1.00 bits per heavy atom. The molecule has 0 fully saturated rings. The van der Waals surface area contributed by atoms with Crippen molar-refractivity contribution >= 4 is 10.0 Å². The summed E-state index contributed by atoms with van der Waals surface area (Å²) >= 11 is 0. The SMILES string of the molecule is Cc1ccc(S(=O)(=O)N[C@H](C)C=C[C@@H](O)c2ccccc2)cc1. The summed E-state index contributed by atoms with van der Waals surface area (Å²) in [5.74, 6) is 0. The van der Waals surface area contributed by atoms with Crippen LogP contribution in [0.1, 0.15) is 24.2 Å². The van der Waals surface area contributed by atoms with Crippen LogP contribution in [0.2, 0.25) is 0 Å². The number of sulfonamides is 1. The van der Waals surface area contributed by atoms with E-state index in [0.717, 1.165) is 11.1 Å². The van der Waals surface area contributed by atoms with Gasteiger partial charge in [-0.25, -0.2) is 13.1 Å². The molecule has 0 spiro atoms. The second-order valence-electron chi connectivity index (χ2n) is 5.46. The fraction of sp³-hybridized carbons (Fsp3) is 0.222. The van der Waals surface area contributed by atoms with E-state index in [2.05, 4.69) is 4.72 Å². The highest BCUT2D eigenvalue weighted by Crippen LogP contribution is 2.14. The van der Waals surface area contributed by atoms with E-state index in [0.29, 0.717) is 0 Å². The average Bonchev–Trinajstić information content (AvgIpc) is 2.53. The quantitative estimate of drug-likeness (QED) is 0.800. The van der Waals surface area contributed by atoms with Crippen LogP contribution in [0, 0.1) is 6.92 Å². The van der Waals surface area contributed by atoms with Crippen LogP contribution < -0.4 is 4.72 Å². The van der Waals surface area contributed by atoms with Gasteiger partial charge in [0.25, 0.3) is 0 Å². The largest absolute Gasteiger partial charge is 0.384 e. The number of nitrogens with one attached hydrogen (secondary N) is 1. The summed E-state index contributed by atoms with van der Waals surface area (Å²) in [5.41, 5.74) is 1.76. The van der Waals surface area contributed by atoms with Crippen molar-refractivity contribution in [2.45, 2.75) is 30.9 Å². The second-order valence-corrected chi connectivity index (χ2v) is 7.18. The van der Waals surface area contributed by atoms with Gasteiger partial charge in [0.1, 0.15) is 0 Å². The van der Waals surface area contributed by atoms with Crippen molar-refractivity contribution in [1.29, 1.82) is 0 Å². The maximum atomic E-state index is 12.3. The molecule has 122 valence electrons. The molecular weight excluding hydrogens is 310 g/mol. The predicted molar refractivity (Wildman–Crippen MR) is 91.5 cm³/mol. The highest BCUT2D eigenvalue weighted by molar-refractivity contribution is 7.89. The van der Waals surface area contributed by atoms with Crippen LogP contribution in [-0.4, -0.2) is 19.6 Å². The van der Waals surface area contributed by atoms with E-state index >= 15 is 0 Å². The van der Waals surface area contributed by atoms with Crippen LogP contribution in [0.4, 0.5) is 0 Å². The molecule has 2 N–H and O–H groups in total. The summed E-state index contributed by atoms with van der Waals surface area (Å²) in [5, 5.41) is 10.1. The molecule has 2 aromatic carbocycles. The summed E-state index contributed by atoms with van der Waals surface area (Å²) in [7, 11) is -3.57. The van der Waals surface area contributed by atoms with Gasteiger partial charge in [0.15, 0.2) is 0 Å². The van der Waals surface area contributed by atoms with Gasteiger partial charge >= 0.3 is 0 Å². The van der Waals surface area contributed by atoms with E-state index in [1.54, 1.807) is 43.3 Å². The van der Waals surface area contributed by atoms with Crippen LogP contribution in [-0.2, 0) is 10.0 Å². The average molecular weight is 331 g/mol. The van der Waals surface area contributed by atoms with Crippen molar-refractivity contribution in [1.82, 2.24) is 4.72 Å². The normalized spacial score (nSPS) is 14.7. The van der Waals surface area contributed by atoms with E-state index in [1.165, 1.54) is 0 Å². The lowest BCUT2D eigenvalue weighted by Crippen LogP contribution is -2.31. The number of rotatable bonds is 6. The molecule has 2 atom stereocenters. The first-order valence-corrected chi connectivity index (χ1v) is 8.87. The first-order valence-electron chi connectivity index (χ1n) is 7.39. The van der Waals surface area contributed by atoms with Crippen LogP contribution >= 0.6 is 0 Å². The summed E-state index contributed by atoms with van der Waals surface area (Å²) in [6.45, 7) is 3.63. The van der Waals surface area contributed by atoms with Gasteiger partial charge in [-0.3, -0.25) is 0 Å². The lowest BCUT2D eigenvalue weighted by molar-refractivity contribution is 0.228. The topological polar surface area (TPSA) is 66.4 Å². The lowest BCUT2D eigenvalue weighted by Gasteiger charge is -2.12. The molecule has 0 radical (unpaired) electrons. The Morgan fingerprint density at radius 2 is 1.61 bits per heavy atom. The minimum absolute atomic E-state index is 0.229. The van der Waals surface area contributed by atoms with Crippen molar-refractivity contribution in [2.75, 3.05) is 0 Å². The number of hydrogen-bond donors (Lipinski definition) is 2. The third kappa shape index (κ3) is 5.03. The van der Waals surface area contributed by atoms with Crippen molar-refractivity contribution in [2.24, 2.45) is 0 Å². The standard InChI is InChI=1S/C18H21NO3S/c1-14-8-11-17(12-9-14)23(21,22)19-15(2)10-13-18(20)16-6-4-3-5-7-16/h3-13,15,18-20H,1-2H3/t15-,18-/m1/s1. The fourth-order valence-electron chi connectivity index (χ4n) is 2.10. The molecule has 2 aromatic rings. The van der Waals surface area contributed by atoms with Gasteiger partial charge in [-0.15, -0.1) is 0 Å². The lowest BCUT2D eigenvalue weighted by atomic mass is 10.1. The van der Waals surface area contributed by atoms with Gasteiger partial charge in [0.2, 0.25) is 10.0 Å². The Hall–Kier alpha value is -1.95.